The van der Waals surface area contributed by atoms with Crippen LogP contribution >= 0.6 is 0 Å². The molecule has 1 aliphatic rings. The molecule has 0 saturated carbocycles. The summed E-state index contributed by atoms with van der Waals surface area (Å²) in [5.74, 6) is 0.795. The van der Waals surface area contributed by atoms with Gasteiger partial charge in [-0.25, -0.2) is 0 Å². The molecule has 1 N–H and O–H groups in total. The van der Waals surface area contributed by atoms with E-state index in [9.17, 15) is 9.59 Å². The molecule has 3 rings (SSSR count). The zero-order valence-electron chi connectivity index (χ0n) is 15.9. The minimum Gasteiger partial charge on any atom is -0.494 e. The smallest absolute Gasteiger partial charge is 0.271 e. The fourth-order valence-corrected chi connectivity index (χ4v) is 3.94. The Balaban J connectivity index is 1.87. The van der Waals surface area contributed by atoms with E-state index in [1.807, 2.05) is 49.9 Å². The molecule has 1 atom stereocenters. The molecule has 1 fully saturated rings. The topological polar surface area (TPSA) is 62.4 Å². The standard InChI is InChI=1S/C21H26N2O3/c1-5-26-17-10-8-16(9-11-17)18-7-6-12-23(18)21(25)20-13(2)19(15(4)24)14(3)22-20/h8-11,18,22H,5-7,12H2,1-4H3. The van der Waals surface area contributed by atoms with Crippen LogP contribution in [0.15, 0.2) is 24.3 Å². The summed E-state index contributed by atoms with van der Waals surface area (Å²) in [6, 6.07) is 8.04. The number of ketones is 1. The Kier molecular flexibility index (Phi) is 5.16. The zero-order valence-corrected chi connectivity index (χ0v) is 15.9. The number of carbonyl (C=O) groups excluding carboxylic acids is 2. The normalized spacial score (nSPS) is 16.8. The third-order valence-electron chi connectivity index (χ3n) is 5.09. The maximum Gasteiger partial charge on any atom is 0.271 e. The van der Waals surface area contributed by atoms with Crippen molar-refractivity contribution in [3.8, 4) is 5.75 Å². The highest BCUT2D eigenvalue weighted by Crippen LogP contribution is 2.34. The van der Waals surface area contributed by atoms with Crippen molar-refractivity contribution in [1.82, 2.24) is 9.88 Å². The van der Waals surface area contributed by atoms with Crippen LogP contribution in [0, 0.1) is 13.8 Å². The summed E-state index contributed by atoms with van der Waals surface area (Å²) in [5.41, 5.74) is 3.79. The van der Waals surface area contributed by atoms with E-state index in [1.165, 1.54) is 6.92 Å². The number of carbonyl (C=O) groups is 2. The first kappa shape index (κ1) is 18.2. The highest BCUT2D eigenvalue weighted by atomic mass is 16.5. The molecule has 0 spiro atoms. The highest BCUT2D eigenvalue weighted by Gasteiger charge is 2.33. The van der Waals surface area contributed by atoms with Crippen molar-refractivity contribution in [2.24, 2.45) is 0 Å². The van der Waals surface area contributed by atoms with Gasteiger partial charge in [-0.05, 0) is 63.8 Å². The minimum absolute atomic E-state index is 0.0141. The van der Waals surface area contributed by atoms with Gasteiger partial charge in [0.2, 0.25) is 0 Å². The number of aryl methyl sites for hydroxylation is 1. The largest absolute Gasteiger partial charge is 0.494 e. The van der Waals surface area contributed by atoms with E-state index in [1.54, 1.807) is 0 Å². The van der Waals surface area contributed by atoms with Crippen LogP contribution in [0.2, 0.25) is 0 Å². The third-order valence-corrected chi connectivity index (χ3v) is 5.09. The quantitative estimate of drug-likeness (QED) is 0.818. The Bertz CT molecular complexity index is 821. The minimum atomic E-state index is -0.0329. The van der Waals surface area contributed by atoms with Gasteiger partial charge in [-0.2, -0.15) is 0 Å². The first-order valence-corrected chi connectivity index (χ1v) is 9.17. The van der Waals surface area contributed by atoms with Crippen molar-refractivity contribution in [2.75, 3.05) is 13.2 Å². The summed E-state index contributed by atoms with van der Waals surface area (Å²) in [7, 11) is 0. The molecule has 1 aromatic carbocycles. The number of aromatic nitrogens is 1. The molecule has 1 amide bonds. The second-order valence-corrected chi connectivity index (χ2v) is 6.84. The van der Waals surface area contributed by atoms with Crippen LogP contribution in [0.3, 0.4) is 0 Å². The van der Waals surface area contributed by atoms with Crippen molar-refractivity contribution in [3.05, 3.63) is 52.3 Å². The van der Waals surface area contributed by atoms with Gasteiger partial charge in [0.25, 0.3) is 5.91 Å². The Hall–Kier alpha value is -2.56. The summed E-state index contributed by atoms with van der Waals surface area (Å²) in [4.78, 5) is 30.1. The van der Waals surface area contributed by atoms with Crippen LogP contribution < -0.4 is 4.74 Å². The van der Waals surface area contributed by atoms with Gasteiger partial charge in [0.05, 0.1) is 12.6 Å². The van der Waals surface area contributed by atoms with Crippen LogP contribution in [-0.4, -0.2) is 34.7 Å². The van der Waals surface area contributed by atoms with Crippen LogP contribution in [-0.2, 0) is 0 Å². The van der Waals surface area contributed by atoms with Gasteiger partial charge >= 0.3 is 0 Å². The fourth-order valence-electron chi connectivity index (χ4n) is 3.94. The second-order valence-electron chi connectivity index (χ2n) is 6.84. The molecule has 5 nitrogen and oxygen atoms in total. The number of aromatic amines is 1. The molecule has 1 aromatic heterocycles. The molecule has 5 heteroatoms. The zero-order chi connectivity index (χ0) is 18.8. The van der Waals surface area contributed by atoms with E-state index in [0.29, 0.717) is 17.9 Å². The molecule has 26 heavy (non-hydrogen) atoms. The average Bonchev–Trinajstić information content (AvgIpc) is 3.20. The summed E-state index contributed by atoms with van der Waals surface area (Å²) in [5, 5.41) is 0. The van der Waals surface area contributed by atoms with Crippen LogP contribution in [0.25, 0.3) is 0 Å². The Morgan fingerprint density at radius 3 is 2.50 bits per heavy atom. The number of hydrogen-bond acceptors (Lipinski definition) is 3. The van der Waals surface area contributed by atoms with E-state index < -0.39 is 0 Å². The van der Waals surface area contributed by atoms with E-state index in [2.05, 4.69) is 4.98 Å². The number of benzene rings is 1. The number of rotatable bonds is 5. The summed E-state index contributed by atoms with van der Waals surface area (Å²) in [6.45, 7) is 8.54. The summed E-state index contributed by atoms with van der Waals surface area (Å²) < 4.78 is 5.50. The van der Waals surface area contributed by atoms with Crippen molar-refractivity contribution >= 4 is 11.7 Å². The average molecular weight is 354 g/mol. The van der Waals surface area contributed by atoms with Gasteiger partial charge in [0.1, 0.15) is 11.4 Å². The number of hydrogen-bond donors (Lipinski definition) is 1. The van der Waals surface area contributed by atoms with Crippen LogP contribution in [0.4, 0.5) is 0 Å². The molecule has 1 unspecified atom stereocenters. The van der Waals surface area contributed by atoms with Gasteiger partial charge < -0.3 is 14.6 Å². The molecule has 2 heterocycles. The van der Waals surface area contributed by atoms with E-state index in [-0.39, 0.29) is 17.7 Å². The lowest BCUT2D eigenvalue weighted by Gasteiger charge is -2.25. The highest BCUT2D eigenvalue weighted by molar-refractivity contribution is 6.02. The molecular weight excluding hydrogens is 328 g/mol. The number of nitrogens with one attached hydrogen (secondary N) is 1. The van der Waals surface area contributed by atoms with Crippen LogP contribution in [0.5, 0.6) is 5.75 Å². The van der Waals surface area contributed by atoms with Gasteiger partial charge in [0.15, 0.2) is 5.78 Å². The van der Waals surface area contributed by atoms with Crippen molar-refractivity contribution in [2.45, 2.75) is 46.6 Å². The number of Topliss-reactive ketones (excluding diaryl/α,β-unsaturated/α-hetero) is 1. The summed E-state index contributed by atoms with van der Waals surface area (Å²) >= 11 is 0. The maximum absolute atomic E-state index is 13.2. The number of H-pyrrole nitrogens is 1. The molecule has 1 saturated heterocycles. The molecule has 138 valence electrons. The number of nitrogens with zero attached hydrogens (tertiary/aromatic N) is 1. The summed E-state index contributed by atoms with van der Waals surface area (Å²) in [6.07, 6.45) is 1.92. The SMILES string of the molecule is CCOc1ccc(C2CCCN2C(=O)c2[nH]c(C)c(C(C)=O)c2C)cc1. The number of ether oxygens (including phenoxy) is 1. The third kappa shape index (κ3) is 3.26. The number of amides is 1. The van der Waals surface area contributed by atoms with E-state index in [0.717, 1.165) is 42.0 Å². The fraction of sp³-hybridized carbons (Fsp3) is 0.429. The number of likely N-dealkylation sites (tertiary alicyclic amines) is 1. The van der Waals surface area contributed by atoms with Gasteiger partial charge in [-0.1, -0.05) is 12.1 Å². The predicted octanol–water partition coefficient (Wildman–Crippen LogP) is 4.21. The molecule has 0 bridgehead atoms. The van der Waals surface area contributed by atoms with E-state index in [4.69, 9.17) is 4.74 Å². The van der Waals surface area contributed by atoms with Crippen molar-refractivity contribution in [1.29, 1.82) is 0 Å². The van der Waals surface area contributed by atoms with Gasteiger partial charge in [0, 0.05) is 17.8 Å². The molecule has 0 aliphatic carbocycles. The Morgan fingerprint density at radius 1 is 1.23 bits per heavy atom. The first-order chi connectivity index (χ1) is 12.4. The lowest BCUT2D eigenvalue weighted by Crippen LogP contribution is -2.31. The maximum atomic E-state index is 13.2. The Morgan fingerprint density at radius 2 is 1.92 bits per heavy atom. The van der Waals surface area contributed by atoms with Gasteiger partial charge in [-0.15, -0.1) is 0 Å². The predicted molar refractivity (Wildman–Crippen MR) is 101 cm³/mol. The first-order valence-electron chi connectivity index (χ1n) is 9.17. The van der Waals surface area contributed by atoms with Crippen molar-refractivity contribution < 1.29 is 14.3 Å². The van der Waals surface area contributed by atoms with E-state index >= 15 is 0 Å². The van der Waals surface area contributed by atoms with Gasteiger partial charge in [-0.3, -0.25) is 9.59 Å². The van der Waals surface area contributed by atoms with Crippen molar-refractivity contribution in [3.63, 3.8) is 0 Å². The lowest BCUT2D eigenvalue weighted by atomic mass is 10.0. The monoisotopic (exact) mass is 354 g/mol. The molecule has 1 aliphatic heterocycles. The Labute approximate surface area is 154 Å². The molecule has 2 aromatic rings. The molecular formula is C21H26N2O3. The van der Waals surface area contributed by atoms with Crippen LogP contribution in [0.1, 0.15) is 70.4 Å². The second kappa shape index (κ2) is 7.36. The molecule has 0 radical (unpaired) electrons. The lowest BCUT2D eigenvalue weighted by molar-refractivity contribution is 0.0729.